The van der Waals surface area contributed by atoms with Crippen LogP contribution in [0.25, 0.3) is 11.5 Å². The first-order chi connectivity index (χ1) is 7.18. The highest BCUT2D eigenvalue weighted by atomic mass is 16.4. The number of carbonyl (C=O) groups is 1. The highest BCUT2D eigenvalue weighted by Crippen LogP contribution is 2.12. The van der Waals surface area contributed by atoms with Gasteiger partial charge in [-0.3, -0.25) is 0 Å². The fourth-order valence-corrected chi connectivity index (χ4v) is 1.17. The van der Waals surface area contributed by atoms with E-state index in [0.717, 1.165) is 0 Å². The second-order valence-electron chi connectivity index (χ2n) is 2.96. The normalized spacial score (nSPS) is 10.2. The highest BCUT2D eigenvalue weighted by Gasteiger charge is 2.09. The standard InChI is InChI=1S/C9H8N4O2/c1-13-5-10-4-7(13)8-11-3-2-6(12-8)9(14)15/h2-5H,1H3,(H,14,15). The first-order valence-electron chi connectivity index (χ1n) is 4.21. The number of carboxylic acid groups (broad SMARTS) is 1. The molecule has 0 unspecified atom stereocenters. The third kappa shape index (κ3) is 1.69. The van der Waals surface area contributed by atoms with E-state index in [1.165, 1.54) is 12.3 Å². The van der Waals surface area contributed by atoms with Crippen molar-refractivity contribution in [2.45, 2.75) is 0 Å². The number of hydrogen-bond donors (Lipinski definition) is 1. The smallest absolute Gasteiger partial charge is 0.354 e. The number of nitrogens with zero attached hydrogens (tertiary/aromatic N) is 4. The Labute approximate surface area is 85.3 Å². The molecule has 2 aromatic rings. The predicted octanol–water partition coefficient (Wildman–Crippen LogP) is 0.575. The first-order valence-corrected chi connectivity index (χ1v) is 4.21. The Morgan fingerprint density at radius 3 is 2.93 bits per heavy atom. The van der Waals surface area contributed by atoms with Crippen molar-refractivity contribution in [2.24, 2.45) is 7.05 Å². The van der Waals surface area contributed by atoms with Crippen LogP contribution >= 0.6 is 0 Å². The van der Waals surface area contributed by atoms with E-state index in [-0.39, 0.29) is 5.69 Å². The molecule has 0 saturated heterocycles. The maximum Gasteiger partial charge on any atom is 0.354 e. The minimum absolute atomic E-state index is 0.0267. The quantitative estimate of drug-likeness (QED) is 0.773. The molecular weight excluding hydrogens is 196 g/mol. The molecule has 0 atom stereocenters. The van der Waals surface area contributed by atoms with Crippen LogP contribution in [0.3, 0.4) is 0 Å². The van der Waals surface area contributed by atoms with Gasteiger partial charge in [-0.05, 0) is 6.07 Å². The van der Waals surface area contributed by atoms with Crippen molar-refractivity contribution in [3.05, 3.63) is 30.5 Å². The molecule has 2 rings (SSSR count). The Morgan fingerprint density at radius 1 is 1.53 bits per heavy atom. The summed E-state index contributed by atoms with van der Waals surface area (Å²) in [4.78, 5) is 22.5. The second kappa shape index (κ2) is 3.49. The number of aryl methyl sites for hydroxylation is 1. The zero-order valence-electron chi connectivity index (χ0n) is 7.95. The topological polar surface area (TPSA) is 80.9 Å². The van der Waals surface area contributed by atoms with Crippen molar-refractivity contribution in [3.63, 3.8) is 0 Å². The Hall–Kier alpha value is -2.24. The van der Waals surface area contributed by atoms with Gasteiger partial charge in [0.15, 0.2) is 11.5 Å². The second-order valence-corrected chi connectivity index (χ2v) is 2.96. The van der Waals surface area contributed by atoms with Gasteiger partial charge in [-0.15, -0.1) is 0 Å². The summed E-state index contributed by atoms with van der Waals surface area (Å²) in [5.41, 5.74) is 0.652. The van der Waals surface area contributed by atoms with Gasteiger partial charge in [-0.2, -0.15) is 0 Å². The van der Waals surface area contributed by atoms with Crippen LogP contribution in [-0.2, 0) is 7.05 Å². The molecule has 0 aliphatic heterocycles. The lowest BCUT2D eigenvalue weighted by atomic mass is 10.3. The lowest BCUT2D eigenvalue weighted by Gasteiger charge is -2.00. The highest BCUT2D eigenvalue weighted by molar-refractivity contribution is 5.85. The molecule has 2 heterocycles. The zero-order valence-corrected chi connectivity index (χ0v) is 7.95. The Morgan fingerprint density at radius 2 is 2.33 bits per heavy atom. The SMILES string of the molecule is Cn1cncc1-c1nccc(C(=O)O)n1. The molecule has 0 saturated carbocycles. The van der Waals surface area contributed by atoms with Gasteiger partial charge in [0.05, 0.1) is 12.5 Å². The van der Waals surface area contributed by atoms with E-state index in [1.54, 1.807) is 24.1 Å². The molecule has 6 heteroatoms. The van der Waals surface area contributed by atoms with Gasteiger partial charge in [0, 0.05) is 13.2 Å². The summed E-state index contributed by atoms with van der Waals surface area (Å²) >= 11 is 0. The van der Waals surface area contributed by atoms with Crippen LogP contribution in [0.15, 0.2) is 24.8 Å². The van der Waals surface area contributed by atoms with Crippen LogP contribution in [-0.4, -0.2) is 30.6 Å². The maximum absolute atomic E-state index is 10.7. The molecule has 15 heavy (non-hydrogen) atoms. The molecule has 0 aliphatic rings. The van der Waals surface area contributed by atoms with Crippen molar-refractivity contribution in [1.82, 2.24) is 19.5 Å². The monoisotopic (exact) mass is 204 g/mol. The minimum atomic E-state index is -1.07. The molecule has 0 bridgehead atoms. The first kappa shape index (κ1) is 9.32. The van der Waals surface area contributed by atoms with Gasteiger partial charge in [-0.25, -0.2) is 19.7 Å². The average molecular weight is 204 g/mol. The molecule has 1 N–H and O–H groups in total. The minimum Gasteiger partial charge on any atom is -0.477 e. The molecule has 2 aromatic heterocycles. The van der Waals surface area contributed by atoms with Gasteiger partial charge in [0.2, 0.25) is 0 Å². The van der Waals surface area contributed by atoms with Crippen LogP contribution in [0.4, 0.5) is 0 Å². The molecule has 0 aliphatic carbocycles. The molecule has 6 nitrogen and oxygen atoms in total. The van der Waals surface area contributed by atoms with Gasteiger partial charge in [0.1, 0.15) is 5.69 Å². The number of imidazole rings is 1. The van der Waals surface area contributed by atoms with E-state index in [0.29, 0.717) is 11.5 Å². The Balaban J connectivity index is 2.50. The summed E-state index contributed by atoms with van der Waals surface area (Å²) in [6.07, 6.45) is 4.60. The van der Waals surface area contributed by atoms with Crippen molar-refractivity contribution >= 4 is 5.97 Å². The van der Waals surface area contributed by atoms with Crippen molar-refractivity contribution in [3.8, 4) is 11.5 Å². The molecule has 76 valence electrons. The number of hydrogen-bond acceptors (Lipinski definition) is 4. The van der Waals surface area contributed by atoms with Crippen LogP contribution < -0.4 is 0 Å². The van der Waals surface area contributed by atoms with Crippen LogP contribution in [0.1, 0.15) is 10.5 Å². The van der Waals surface area contributed by atoms with Crippen molar-refractivity contribution < 1.29 is 9.90 Å². The van der Waals surface area contributed by atoms with E-state index in [1.807, 2.05) is 0 Å². The molecule has 0 spiro atoms. The number of carboxylic acids is 1. The fourth-order valence-electron chi connectivity index (χ4n) is 1.17. The van der Waals surface area contributed by atoms with Crippen LogP contribution in [0.2, 0.25) is 0 Å². The lowest BCUT2D eigenvalue weighted by molar-refractivity contribution is 0.0690. The maximum atomic E-state index is 10.7. The van der Waals surface area contributed by atoms with Crippen molar-refractivity contribution in [1.29, 1.82) is 0 Å². The Kier molecular flexibility index (Phi) is 2.17. The molecule has 0 radical (unpaired) electrons. The predicted molar refractivity (Wildman–Crippen MR) is 51.2 cm³/mol. The number of rotatable bonds is 2. The van der Waals surface area contributed by atoms with Crippen molar-refractivity contribution in [2.75, 3.05) is 0 Å². The van der Waals surface area contributed by atoms with E-state index >= 15 is 0 Å². The van der Waals surface area contributed by atoms with Crippen LogP contribution in [0.5, 0.6) is 0 Å². The van der Waals surface area contributed by atoms with Gasteiger partial charge in [-0.1, -0.05) is 0 Å². The fraction of sp³-hybridized carbons (Fsp3) is 0.111. The third-order valence-corrected chi connectivity index (χ3v) is 1.92. The third-order valence-electron chi connectivity index (χ3n) is 1.92. The summed E-state index contributed by atoms with van der Waals surface area (Å²) in [6.45, 7) is 0. The molecule has 0 aromatic carbocycles. The summed E-state index contributed by atoms with van der Waals surface area (Å²) < 4.78 is 1.72. The van der Waals surface area contributed by atoms with E-state index < -0.39 is 5.97 Å². The van der Waals surface area contributed by atoms with E-state index in [2.05, 4.69) is 15.0 Å². The molecule has 0 amide bonds. The summed E-state index contributed by atoms with van der Waals surface area (Å²) in [7, 11) is 1.79. The van der Waals surface area contributed by atoms with Gasteiger partial charge >= 0.3 is 5.97 Å². The van der Waals surface area contributed by atoms with Crippen LogP contribution in [0, 0.1) is 0 Å². The van der Waals surface area contributed by atoms with E-state index in [4.69, 9.17) is 5.11 Å². The summed E-state index contributed by atoms with van der Waals surface area (Å²) in [5.74, 6) is -0.712. The van der Waals surface area contributed by atoms with E-state index in [9.17, 15) is 4.79 Å². The lowest BCUT2D eigenvalue weighted by Crippen LogP contribution is -2.03. The zero-order chi connectivity index (χ0) is 10.8. The molecule has 0 fully saturated rings. The number of aromatic nitrogens is 4. The largest absolute Gasteiger partial charge is 0.477 e. The average Bonchev–Trinajstić information content (AvgIpc) is 2.64. The molecular formula is C9H8N4O2. The van der Waals surface area contributed by atoms with Gasteiger partial charge < -0.3 is 9.67 Å². The van der Waals surface area contributed by atoms with Gasteiger partial charge in [0.25, 0.3) is 0 Å². The number of aromatic carboxylic acids is 1. The summed E-state index contributed by atoms with van der Waals surface area (Å²) in [6, 6.07) is 1.35. The Bertz CT molecular complexity index is 506. The summed E-state index contributed by atoms with van der Waals surface area (Å²) in [5, 5.41) is 8.76.